The van der Waals surface area contributed by atoms with Gasteiger partial charge in [0.25, 0.3) is 0 Å². The summed E-state index contributed by atoms with van der Waals surface area (Å²) in [6, 6.07) is 47.9. The average Bonchev–Trinajstić information content (AvgIpc) is 3.66. The number of nitrogens with one attached hydrogen (secondary N) is 1. The third-order valence-electron chi connectivity index (χ3n) is 8.66. The van der Waals surface area contributed by atoms with Crippen molar-refractivity contribution in [1.29, 1.82) is 0 Å². The first-order valence-corrected chi connectivity index (χ1v) is 16.1. The van der Waals surface area contributed by atoms with Gasteiger partial charge in [0.2, 0.25) is 0 Å². The Hall–Kier alpha value is -5.99. The molecule has 0 fully saturated rings. The van der Waals surface area contributed by atoms with E-state index >= 15 is 0 Å². The number of aliphatic hydroxyl groups is 1. The summed E-state index contributed by atoms with van der Waals surface area (Å²) in [5.74, 6) is 2.05. The molecular weight excluding hydrogens is 594 g/mol. The summed E-state index contributed by atoms with van der Waals surface area (Å²) >= 11 is 0. The lowest BCUT2D eigenvalue weighted by molar-refractivity contribution is 0.281. The van der Waals surface area contributed by atoms with Gasteiger partial charge in [-0.25, -0.2) is 14.6 Å². The molecule has 2 N–H and O–H groups in total. The van der Waals surface area contributed by atoms with Gasteiger partial charge in [-0.15, -0.1) is 5.10 Å². The number of rotatable bonds is 11. The molecule has 0 saturated heterocycles. The Kier molecular flexibility index (Phi) is 8.80. The van der Waals surface area contributed by atoms with Crippen molar-refractivity contribution in [2.75, 3.05) is 5.32 Å². The maximum atomic E-state index is 9.77. The molecule has 8 nitrogen and oxygen atoms in total. The van der Waals surface area contributed by atoms with Gasteiger partial charge in [-0.1, -0.05) is 146 Å². The monoisotopic (exact) mass is 629 g/mol. The molecule has 5 aromatic carbocycles. The predicted octanol–water partition coefficient (Wildman–Crippen LogP) is 7.30. The van der Waals surface area contributed by atoms with E-state index in [0.29, 0.717) is 23.8 Å². The minimum absolute atomic E-state index is 0.123. The van der Waals surface area contributed by atoms with E-state index in [1.165, 1.54) is 0 Å². The molecule has 2 aromatic heterocycles. The van der Waals surface area contributed by atoms with Gasteiger partial charge in [0.1, 0.15) is 17.2 Å². The highest BCUT2D eigenvalue weighted by molar-refractivity contribution is 5.81. The predicted molar refractivity (Wildman–Crippen MR) is 188 cm³/mol. The summed E-state index contributed by atoms with van der Waals surface area (Å²) in [7, 11) is 0. The van der Waals surface area contributed by atoms with Crippen molar-refractivity contribution in [2.24, 2.45) is 0 Å². The van der Waals surface area contributed by atoms with Crippen LogP contribution in [0.2, 0.25) is 0 Å². The Morgan fingerprint density at radius 2 is 1.25 bits per heavy atom. The Morgan fingerprint density at radius 3 is 1.81 bits per heavy atom. The summed E-state index contributed by atoms with van der Waals surface area (Å²) in [6.45, 7) is 2.44. The molecule has 48 heavy (non-hydrogen) atoms. The number of hydrogen-bond acceptors (Lipinski definition) is 7. The van der Waals surface area contributed by atoms with Crippen molar-refractivity contribution in [3.8, 4) is 22.5 Å². The summed E-state index contributed by atoms with van der Waals surface area (Å²) < 4.78 is 1.97. The largest absolute Gasteiger partial charge is 0.391 e. The van der Waals surface area contributed by atoms with Gasteiger partial charge < -0.3 is 10.4 Å². The van der Waals surface area contributed by atoms with Gasteiger partial charge in [0, 0.05) is 30.3 Å². The zero-order valence-electron chi connectivity index (χ0n) is 26.6. The van der Waals surface area contributed by atoms with E-state index in [0.717, 1.165) is 51.2 Å². The minimum Gasteiger partial charge on any atom is -0.391 e. The lowest BCUT2D eigenvalue weighted by Gasteiger charge is -2.36. The molecule has 0 saturated carbocycles. The first-order chi connectivity index (χ1) is 23.7. The van der Waals surface area contributed by atoms with Gasteiger partial charge in [-0.2, -0.15) is 0 Å². The second kappa shape index (κ2) is 13.8. The van der Waals surface area contributed by atoms with Crippen LogP contribution in [0.5, 0.6) is 0 Å². The molecule has 0 atom stereocenters. The standard InChI is InChI=1S/C40H35N7O/c1-2-37-41-27-31(28-48)38(43-37)42-26-29-22-24-30(25-23-29)35-20-12-13-21-36(35)39-44-45-46-47(39)40(32-14-6-3-7-15-32,33-16-8-4-9-17-33)34-18-10-5-11-19-34/h3-25,27,48H,2,26,28H2,1H3,(H,41,42,43). The topological polar surface area (TPSA) is 102 Å². The van der Waals surface area contributed by atoms with Gasteiger partial charge in [0.15, 0.2) is 5.82 Å². The van der Waals surface area contributed by atoms with Gasteiger partial charge in [0.05, 0.1) is 6.61 Å². The maximum absolute atomic E-state index is 9.77. The van der Waals surface area contributed by atoms with Gasteiger partial charge >= 0.3 is 0 Å². The number of anilines is 1. The molecule has 236 valence electrons. The molecule has 0 aliphatic rings. The smallest absolute Gasteiger partial charge is 0.184 e. The fraction of sp³-hybridized carbons (Fsp3) is 0.125. The lowest BCUT2D eigenvalue weighted by Crippen LogP contribution is -2.39. The first kappa shape index (κ1) is 30.7. The first-order valence-electron chi connectivity index (χ1n) is 16.1. The van der Waals surface area contributed by atoms with E-state index < -0.39 is 5.54 Å². The van der Waals surface area contributed by atoms with Crippen LogP contribution in [-0.4, -0.2) is 35.3 Å². The summed E-state index contributed by atoms with van der Waals surface area (Å²) in [4.78, 5) is 8.88. The van der Waals surface area contributed by atoms with Crippen LogP contribution in [0.3, 0.4) is 0 Å². The molecule has 7 rings (SSSR count). The molecule has 0 radical (unpaired) electrons. The van der Waals surface area contributed by atoms with Crippen molar-refractivity contribution in [3.63, 3.8) is 0 Å². The van der Waals surface area contributed by atoms with Crippen molar-refractivity contribution in [3.05, 3.63) is 179 Å². The van der Waals surface area contributed by atoms with Gasteiger partial charge in [-0.3, -0.25) is 0 Å². The Bertz CT molecular complexity index is 2000. The van der Waals surface area contributed by atoms with Crippen LogP contribution in [0.25, 0.3) is 22.5 Å². The zero-order chi connectivity index (χ0) is 32.8. The summed E-state index contributed by atoms with van der Waals surface area (Å²) in [6.07, 6.45) is 2.41. The van der Waals surface area contributed by atoms with Crippen LogP contribution in [0.1, 0.15) is 40.6 Å². The zero-order valence-corrected chi connectivity index (χ0v) is 26.6. The maximum Gasteiger partial charge on any atom is 0.184 e. The fourth-order valence-electron chi connectivity index (χ4n) is 6.29. The van der Waals surface area contributed by atoms with Crippen LogP contribution in [0.15, 0.2) is 146 Å². The number of aliphatic hydroxyl groups excluding tert-OH is 1. The molecular formula is C40H35N7O. The fourth-order valence-corrected chi connectivity index (χ4v) is 6.29. The highest BCUT2D eigenvalue weighted by Gasteiger charge is 2.42. The van der Waals surface area contributed by atoms with E-state index in [9.17, 15) is 5.11 Å². The molecule has 0 bridgehead atoms. The number of aryl methyl sites for hydroxylation is 1. The number of aromatic nitrogens is 6. The van der Waals surface area contributed by atoms with E-state index in [-0.39, 0.29) is 6.61 Å². The molecule has 0 aliphatic heterocycles. The lowest BCUT2D eigenvalue weighted by atomic mass is 9.77. The number of benzene rings is 5. The second-order valence-corrected chi connectivity index (χ2v) is 11.5. The molecule has 2 heterocycles. The Morgan fingerprint density at radius 1 is 0.688 bits per heavy atom. The van der Waals surface area contributed by atoms with Gasteiger partial charge in [-0.05, 0) is 43.8 Å². The molecule has 0 aliphatic carbocycles. The van der Waals surface area contributed by atoms with Crippen molar-refractivity contribution in [2.45, 2.75) is 32.0 Å². The summed E-state index contributed by atoms with van der Waals surface area (Å²) in [5, 5.41) is 26.9. The number of tetrazole rings is 1. The van der Waals surface area contributed by atoms with E-state index in [1.54, 1.807) is 6.20 Å². The van der Waals surface area contributed by atoms with Crippen molar-refractivity contribution in [1.82, 2.24) is 30.2 Å². The van der Waals surface area contributed by atoms with Crippen LogP contribution in [0.4, 0.5) is 5.82 Å². The molecule has 0 unspecified atom stereocenters. The third kappa shape index (κ3) is 5.74. The normalized spacial score (nSPS) is 11.4. The summed E-state index contributed by atoms with van der Waals surface area (Å²) in [5.41, 5.74) is 7.02. The molecule has 7 aromatic rings. The van der Waals surface area contributed by atoms with E-state index in [1.807, 2.05) is 41.9 Å². The Balaban J connectivity index is 1.30. The molecule has 0 spiro atoms. The SMILES string of the molecule is CCc1ncc(CO)c(NCc2ccc(-c3ccccc3-c3nnnn3C(c3ccccc3)(c3ccccc3)c3ccccc3)cc2)n1. The highest BCUT2D eigenvalue weighted by atomic mass is 16.3. The Labute approximate surface area is 279 Å². The van der Waals surface area contributed by atoms with Crippen LogP contribution >= 0.6 is 0 Å². The van der Waals surface area contributed by atoms with E-state index in [2.05, 4.69) is 135 Å². The number of nitrogens with zero attached hydrogens (tertiary/aromatic N) is 6. The minimum atomic E-state index is -0.850. The third-order valence-corrected chi connectivity index (χ3v) is 8.66. The van der Waals surface area contributed by atoms with Crippen LogP contribution in [-0.2, 0) is 25.1 Å². The van der Waals surface area contributed by atoms with Crippen molar-refractivity contribution >= 4 is 5.82 Å². The van der Waals surface area contributed by atoms with E-state index in [4.69, 9.17) is 5.21 Å². The van der Waals surface area contributed by atoms with Crippen LogP contribution in [0, 0.1) is 0 Å². The van der Waals surface area contributed by atoms with Crippen molar-refractivity contribution < 1.29 is 5.11 Å². The second-order valence-electron chi connectivity index (χ2n) is 11.5. The number of hydrogen-bond donors (Lipinski definition) is 2. The molecule has 8 heteroatoms. The average molecular weight is 630 g/mol. The quantitative estimate of drug-likeness (QED) is 0.145. The highest BCUT2D eigenvalue weighted by Crippen LogP contribution is 2.43. The molecule has 0 amide bonds. The van der Waals surface area contributed by atoms with Crippen LogP contribution < -0.4 is 5.32 Å².